The Morgan fingerprint density at radius 2 is 2.28 bits per heavy atom. The summed E-state index contributed by atoms with van der Waals surface area (Å²) in [7, 11) is 0. The van der Waals surface area contributed by atoms with E-state index in [2.05, 4.69) is 26.2 Å². The summed E-state index contributed by atoms with van der Waals surface area (Å²) in [5, 5.41) is 6.31. The molecule has 5 heteroatoms. The number of halogens is 2. The van der Waals surface area contributed by atoms with E-state index in [4.69, 9.17) is 0 Å². The molecule has 0 aliphatic carbocycles. The van der Waals surface area contributed by atoms with Crippen LogP contribution in [0.15, 0.2) is 28.1 Å². The highest BCUT2D eigenvalue weighted by Crippen LogP contribution is 2.30. The summed E-state index contributed by atoms with van der Waals surface area (Å²) in [5.74, 6) is -0.232. The minimum Gasteiger partial charge on any atom is -0.305 e. The van der Waals surface area contributed by atoms with Gasteiger partial charge in [-0.1, -0.05) is 22.9 Å². The predicted molar refractivity (Wildman–Crippen MR) is 76.5 cm³/mol. The summed E-state index contributed by atoms with van der Waals surface area (Å²) in [5.41, 5.74) is 1.87. The third-order valence-corrected chi connectivity index (χ3v) is 4.31. The van der Waals surface area contributed by atoms with Crippen LogP contribution in [-0.4, -0.2) is 11.5 Å². The van der Waals surface area contributed by atoms with Gasteiger partial charge in [0.15, 0.2) is 0 Å². The summed E-state index contributed by atoms with van der Waals surface area (Å²) in [4.78, 5) is 4.49. The summed E-state index contributed by atoms with van der Waals surface area (Å²) < 4.78 is 14.3. The topological polar surface area (TPSA) is 24.9 Å². The molecule has 2 rings (SSSR count). The molecule has 96 valence electrons. The Labute approximate surface area is 118 Å². The average Bonchev–Trinajstić information content (AvgIpc) is 2.76. The largest absolute Gasteiger partial charge is 0.305 e. The molecule has 0 saturated carbocycles. The van der Waals surface area contributed by atoms with Crippen molar-refractivity contribution in [2.24, 2.45) is 0 Å². The highest BCUT2D eigenvalue weighted by Gasteiger charge is 2.19. The normalized spacial score (nSPS) is 12.7. The number of thiazole rings is 1. The van der Waals surface area contributed by atoms with E-state index < -0.39 is 0 Å². The molecule has 0 radical (unpaired) electrons. The van der Waals surface area contributed by atoms with Crippen LogP contribution in [-0.2, 0) is 0 Å². The van der Waals surface area contributed by atoms with Gasteiger partial charge in [0.2, 0.25) is 0 Å². The molecule has 0 fully saturated rings. The van der Waals surface area contributed by atoms with Crippen LogP contribution in [0.4, 0.5) is 4.39 Å². The molecule has 2 nitrogen and oxygen atoms in total. The molecule has 1 aromatic carbocycles. The second-order valence-electron chi connectivity index (χ2n) is 3.98. The van der Waals surface area contributed by atoms with E-state index in [9.17, 15) is 4.39 Å². The molecule has 1 unspecified atom stereocenters. The van der Waals surface area contributed by atoms with Crippen molar-refractivity contribution in [3.05, 3.63) is 50.1 Å². The number of nitrogens with zero attached hydrogens (tertiary/aromatic N) is 1. The molecule has 0 spiro atoms. The van der Waals surface area contributed by atoms with Crippen LogP contribution in [0.25, 0.3) is 0 Å². The van der Waals surface area contributed by atoms with Crippen LogP contribution >= 0.6 is 27.3 Å². The lowest BCUT2D eigenvalue weighted by molar-refractivity contribution is 0.599. The zero-order valence-electron chi connectivity index (χ0n) is 10.2. The summed E-state index contributed by atoms with van der Waals surface area (Å²) in [6, 6.07) is 4.66. The van der Waals surface area contributed by atoms with Crippen LogP contribution in [0, 0.1) is 12.7 Å². The number of hydrogen-bond donors (Lipinski definition) is 1. The maximum absolute atomic E-state index is 13.4. The van der Waals surface area contributed by atoms with Crippen molar-refractivity contribution in [2.75, 3.05) is 6.54 Å². The molecule has 1 aromatic heterocycles. The van der Waals surface area contributed by atoms with Crippen LogP contribution in [0.1, 0.15) is 29.2 Å². The lowest BCUT2D eigenvalue weighted by Gasteiger charge is -2.17. The number of rotatable bonds is 4. The standard InChI is InChI=1S/C13H14BrFN2S/c1-3-16-12(13-17-8(2)7-18-13)10-6-9(15)4-5-11(10)14/h4-7,12,16H,3H2,1-2H3. The van der Waals surface area contributed by atoms with Crippen molar-refractivity contribution < 1.29 is 4.39 Å². The van der Waals surface area contributed by atoms with Gasteiger partial charge in [0.25, 0.3) is 0 Å². The monoisotopic (exact) mass is 328 g/mol. The third kappa shape index (κ3) is 2.96. The van der Waals surface area contributed by atoms with Crippen molar-refractivity contribution in [3.63, 3.8) is 0 Å². The van der Waals surface area contributed by atoms with E-state index in [1.807, 2.05) is 19.2 Å². The Kier molecular flexibility index (Phi) is 4.48. The fourth-order valence-corrected chi connectivity index (χ4v) is 3.14. The first-order chi connectivity index (χ1) is 8.61. The summed E-state index contributed by atoms with van der Waals surface area (Å²) in [6.07, 6.45) is 0. The molecule has 0 aliphatic rings. The second kappa shape index (κ2) is 5.91. The molecule has 2 aromatic rings. The number of hydrogen-bond acceptors (Lipinski definition) is 3. The highest BCUT2D eigenvalue weighted by atomic mass is 79.9. The predicted octanol–water partition coefficient (Wildman–Crippen LogP) is 4.05. The van der Waals surface area contributed by atoms with Crippen LogP contribution in [0.3, 0.4) is 0 Å². The Morgan fingerprint density at radius 1 is 1.50 bits per heavy atom. The van der Waals surface area contributed by atoms with Gasteiger partial charge < -0.3 is 5.32 Å². The van der Waals surface area contributed by atoms with Gasteiger partial charge in [0, 0.05) is 15.5 Å². The maximum atomic E-state index is 13.4. The molecule has 0 amide bonds. The lowest BCUT2D eigenvalue weighted by Crippen LogP contribution is -2.22. The first-order valence-electron chi connectivity index (χ1n) is 5.72. The Hall–Kier alpha value is -0.780. The van der Waals surface area contributed by atoms with E-state index in [0.717, 1.165) is 27.3 Å². The SMILES string of the molecule is CCNC(c1nc(C)cs1)c1cc(F)ccc1Br. The fraction of sp³-hybridized carbons (Fsp3) is 0.308. The number of benzene rings is 1. The summed E-state index contributed by atoms with van der Waals surface area (Å²) in [6.45, 7) is 4.79. The highest BCUT2D eigenvalue weighted by molar-refractivity contribution is 9.10. The minimum atomic E-state index is -0.232. The number of nitrogens with one attached hydrogen (secondary N) is 1. The lowest BCUT2D eigenvalue weighted by atomic mass is 10.1. The van der Waals surface area contributed by atoms with E-state index in [1.165, 1.54) is 6.07 Å². The minimum absolute atomic E-state index is 0.0706. The molecule has 1 heterocycles. The number of aromatic nitrogens is 1. The van der Waals surface area contributed by atoms with E-state index in [1.54, 1.807) is 23.5 Å². The van der Waals surface area contributed by atoms with Crippen molar-refractivity contribution in [1.82, 2.24) is 10.3 Å². The maximum Gasteiger partial charge on any atom is 0.123 e. The molecule has 0 bridgehead atoms. The van der Waals surface area contributed by atoms with Gasteiger partial charge in [-0.25, -0.2) is 9.37 Å². The van der Waals surface area contributed by atoms with Crippen LogP contribution in [0.5, 0.6) is 0 Å². The zero-order valence-corrected chi connectivity index (χ0v) is 12.6. The van der Waals surface area contributed by atoms with E-state index >= 15 is 0 Å². The van der Waals surface area contributed by atoms with Crippen molar-refractivity contribution >= 4 is 27.3 Å². The molecular formula is C13H14BrFN2S. The van der Waals surface area contributed by atoms with Gasteiger partial charge in [0.05, 0.1) is 6.04 Å². The van der Waals surface area contributed by atoms with Gasteiger partial charge in [-0.05, 0) is 37.2 Å². The first kappa shape index (κ1) is 13.6. The number of aryl methyl sites for hydroxylation is 1. The van der Waals surface area contributed by atoms with Crippen molar-refractivity contribution in [3.8, 4) is 0 Å². The Bertz CT molecular complexity index is 542. The van der Waals surface area contributed by atoms with Gasteiger partial charge in [-0.3, -0.25) is 0 Å². The van der Waals surface area contributed by atoms with Crippen LogP contribution < -0.4 is 5.32 Å². The first-order valence-corrected chi connectivity index (χ1v) is 7.39. The Balaban J connectivity index is 2.44. The Morgan fingerprint density at radius 3 is 2.89 bits per heavy atom. The van der Waals surface area contributed by atoms with E-state index in [0.29, 0.717) is 0 Å². The zero-order chi connectivity index (χ0) is 13.1. The summed E-state index contributed by atoms with van der Waals surface area (Å²) >= 11 is 5.07. The van der Waals surface area contributed by atoms with Gasteiger partial charge in [-0.15, -0.1) is 11.3 Å². The van der Waals surface area contributed by atoms with Crippen LogP contribution in [0.2, 0.25) is 0 Å². The molecule has 1 N–H and O–H groups in total. The van der Waals surface area contributed by atoms with Gasteiger partial charge in [-0.2, -0.15) is 0 Å². The third-order valence-electron chi connectivity index (χ3n) is 2.56. The van der Waals surface area contributed by atoms with E-state index in [-0.39, 0.29) is 11.9 Å². The molecule has 1 atom stereocenters. The van der Waals surface area contributed by atoms with Gasteiger partial charge in [0.1, 0.15) is 10.8 Å². The molecule has 0 saturated heterocycles. The molecule has 0 aliphatic heterocycles. The van der Waals surface area contributed by atoms with Crippen molar-refractivity contribution in [2.45, 2.75) is 19.9 Å². The quantitative estimate of drug-likeness (QED) is 0.915. The van der Waals surface area contributed by atoms with Crippen molar-refractivity contribution in [1.29, 1.82) is 0 Å². The average molecular weight is 329 g/mol. The molecular weight excluding hydrogens is 315 g/mol. The van der Waals surface area contributed by atoms with Gasteiger partial charge >= 0.3 is 0 Å². The fourth-order valence-electron chi connectivity index (χ4n) is 1.78. The molecule has 18 heavy (non-hydrogen) atoms. The second-order valence-corrected chi connectivity index (χ2v) is 5.73. The smallest absolute Gasteiger partial charge is 0.123 e.